The summed E-state index contributed by atoms with van der Waals surface area (Å²) in [4.78, 5) is 48.5. The van der Waals surface area contributed by atoms with Crippen LogP contribution in [0.25, 0.3) is 0 Å². The fourth-order valence-electron chi connectivity index (χ4n) is 5.52. The van der Waals surface area contributed by atoms with Crippen molar-refractivity contribution >= 4 is 24.1 Å². The summed E-state index contributed by atoms with van der Waals surface area (Å²) in [6.07, 6.45) is 4.15. The van der Waals surface area contributed by atoms with Gasteiger partial charge in [0.1, 0.15) is 13.2 Å². The maximum atomic E-state index is 12.7. The summed E-state index contributed by atoms with van der Waals surface area (Å²) < 4.78 is 20.9. The number of rotatable bonds is 16. The van der Waals surface area contributed by atoms with Crippen LogP contribution < -0.4 is 10.6 Å². The Morgan fingerprint density at radius 1 is 1.00 bits per heavy atom. The van der Waals surface area contributed by atoms with Crippen molar-refractivity contribution in [1.29, 1.82) is 0 Å². The lowest BCUT2D eigenvalue weighted by Crippen LogP contribution is -2.50. The van der Waals surface area contributed by atoms with Gasteiger partial charge >= 0.3 is 24.1 Å². The first kappa shape index (κ1) is 36.0. The average Bonchev–Trinajstić information content (AvgIpc) is 2.87. The normalized spacial score (nSPS) is 21.8. The molecule has 1 fully saturated rings. The second-order valence-electron chi connectivity index (χ2n) is 12.8. The summed E-state index contributed by atoms with van der Waals surface area (Å²) in [5, 5.41) is 5.82. The van der Waals surface area contributed by atoms with Gasteiger partial charge in [0, 0.05) is 24.2 Å². The maximum Gasteiger partial charge on any atom is 0.407 e. The molecule has 0 saturated heterocycles. The van der Waals surface area contributed by atoms with Crippen LogP contribution in [0.4, 0.5) is 9.59 Å². The molecule has 0 radical (unpaired) electrons. The minimum Gasteiger partial charge on any atom is -0.458 e. The van der Waals surface area contributed by atoms with Crippen LogP contribution in [0.2, 0.25) is 0 Å². The first-order chi connectivity index (χ1) is 19.1. The van der Waals surface area contributed by atoms with Crippen molar-refractivity contribution in [3.63, 3.8) is 0 Å². The summed E-state index contributed by atoms with van der Waals surface area (Å²) in [5.41, 5.74) is -0.229. The fraction of sp³-hybridized carbons (Fsp3) is 0.742. The van der Waals surface area contributed by atoms with E-state index in [0.29, 0.717) is 31.4 Å². The lowest BCUT2D eigenvalue weighted by molar-refractivity contribution is -0.147. The van der Waals surface area contributed by atoms with Gasteiger partial charge in [-0.3, -0.25) is 0 Å². The van der Waals surface area contributed by atoms with E-state index in [1.807, 2.05) is 0 Å². The van der Waals surface area contributed by atoms with E-state index in [-0.39, 0.29) is 35.7 Å². The Labute approximate surface area is 246 Å². The number of alkyl carbamates (subject to hydrolysis) is 2. The third-order valence-corrected chi connectivity index (χ3v) is 7.37. The molecule has 0 bridgehead atoms. The number of amides is 2. The summed E-state index contributed by atoms with van der Waals surface area (Å²) >= 11 is 0. The lowest BCUT2D eigenvalue weighted by Gasteiger charge is -2.46. The van der Waals surface area contributed by atoms with Gasteiger partial charge in [0.05, 0.1) is 6.61 Å². The van der Waals surface area contributed by atoms with Crippen molar-refractivity contribution < 1.29 is 38.1 Å². The number of nitrogens with one attached hydrogen (secondary N) is 2. The highest BCUT2D eigenvalue weighted by Gasteiger charge is 2.42. The zero-order valence-corrected chi connectivity index (χ0v) is 26.1. The molecule has 0 heterocycles. The van der Waals surface area contributed by atoms with Crippen LogP contribution in [0.15, 0.2) is 24.8 Å². The standard InChI is InChI=1S/C31H52N2O8/c1-10-22(5)14-23(6)12-13-38-29(37)33-24-15-30(7,8)19-31(9,16-24)20-32-28(36)41-25(17-39-26(34)11-2)18-40-27(35)21(3)4/h11,22-25H,2-3,10,12-20H2,1,4-9H3,(H,32,36)(H,33,37). The van der Waals surface area contributed by atoms with Crippen LogP contribution >= 0.6 is 0 Å². The highest BCUT2D eigenvalue weighted by molar-refractivity contribution is 5.87. The van der Waals surface area contributed by atoms with Crippen LogP contribution in [0, 0.1) is 22.7 Å². The van der Waals surface area contributed by atoms with E-state index in [4.69, 9.17) is 18.9 Å². The summed E-state index contributed by atoms with van der Waals surface area (Å²) in [6, 6.07) is -0.112. The van der Waals surface area contributed by atoms with E-state index >= 15 is 0 Å². The Hall–Kier alpha value is -3.04. The number of carbonyl (C=O) groups is 4. The maximum absolute atomic E-state index is 12.7. The smallest absolute Gasteiger partial charge is 0.407 e. The average molecular weight is 581 g/mol. The Morgan fingerprint density at radius 2 is 1.66 bits per heavy atom. The van der Waals surface area contributed by atoms with Crippen molar-refractivity contribution in [3.05, 3.63) is 24.8 Å². The Kier molecular flexibility index (Phi) is 15.0. The van der Waals surface area contributed by atoms with Gasteiger partial charge in [-0.1, -0.05) is 61.1 Å². The van der Waals surface area contributed by atoms with E-state index in [1.54, 1.807) is 0 Å². The zero-order valence-electron chi connectivity index (χ0n) is 26.1. The van der Waals surface area contributed by atoms with Gasteiger partial charge in [-0.15, -0.1) is 0 Å². The summed E-state index contributed by atoms with van der Waals surface area (Å²) in [6.45, 7) is 21.3. The second kappa shape index (κ2) is 17.0. The molecule has 0 spiro atoms. The molecule has 2 N–H and O–H groups in total. The Bertz CT molecular complexity index is 918. The van der Waals surface area contributed by atoms with Crippen molar-refractivity contribution in [2.75, 3.05) is 26.4 Å². The highest BCUT2D eigenvalue weighted by atomic mass is 16.6. The van der Waals surface area contributed by atoms with Gasteiger partial charge in [-0.05, 0) is 61.7 Å². The van der Waals surface area contributed by atoms with E-state index < -0.39 is 30.2 Å². The highest BCUT2D eigenvalue weighted by Crippen LogP contribution is 2.45. The monoisotopic (exact) mass is 580 g/mol. The van der Waals surface area contributed by atoms with Gasteiger partial charge in [-0.2, -0.15) is 0 Å². The van der Waals surface area contributed by atoms with Gasteiger partial charge < -0.3 is 29.6 Å². The molecule has 0 aromatic heterocycles. The van der Waals surface area contributed by atoms with Crippen LogP contribution in [-0.4, -0.2) is 62.6 Å². The molecule has 1 rings (SSSR count). The zero-order chi connectivity index (χ0) is 31.2. The van der Waals surface area contributed by atoms with E-state index in [9.17, 15) is 19.2 Å². The predicted octanol–water partition coefficient (Wildman–Crippen LogP) is 5.70. The number of carbonyl (C=O) groups excluding carboxylic acids is 4. The molecule has 2 amide bonds. The molecular formula is C31H52N2O8. The molecule has 5 atom stereocenters. The van der Waals surface area contributed by atoms with Crippen molar-refractivity contribution in [1.82, 2.24) is 10.6 Å². The van der Waals surface area contributed by atoms with Gasteiger partial charge in [-0.25, -0.2) is 19.2 Å². The molecule has 1 aliphatic carbocycles. The molecule has 0 aliphatic heterocycles. The van der Waals surface area contributed by atoms with Crippen LogP contribution in [0.3, 0.4) is 0 Å². The number of hydrogen-bond acceptors (Lipinski definition) is 8. The fourth-order valence-corrected chi connectivity index (χ4v) is 5.52. The number of esters is 2. The Morgan fingerprint density at radius 3 is 2.27 bits per heavy atom. The van der Waals surface area contributed by atoms with Crippen LogP contribution in [-0.2, 0) is 28.5 Å². The summed E-state index contributed by atoms with van der Waals surface area (Å²) in [7, 11) is 0. The largest absolute Gasteiger partial charge is 0.458 e. The molecule has 1 saturated carbocycles. The van der Waals surface area contributed by atoms with E-state index in [1.165, 1.54) is 6.92 Å². The molecule has 0 aromatic rings. The molecule has 41 heavy (non-hydrogen) atoms. The first-order valence-corrected chi connectivity index (χ1v) is 14.6. The Balaban J connectivity index is 2.67. The quantitative estimate of drug-likeness (QED) is 0.135. The predicted molar refractivity (Wildman–Crippen MR) is 157 cm³/mol. The van der Waals surface area contributed by atoms with Crippen LogP contribution in [0.5, 0.6) is 0 Å². The molecule has 10 heteroatoms. The number of ether oxygens (including phenoxy) is 4. The number of hydrogen-bond donors (Lipinski definition) is 2. The summed E-state index contributed by atoms with van der Waals surface area (Å²) in [5.74, 6) is -0.192. The lowest BCUT2D eigenvalue weighted by atomic mass is 9.62. The molecule has 1 aliphatic rings. The van der Waals surface area contributed by atoms with Gasteiger partial charge in [0.2, 0.25) is 0 Å². The SMILES string of the molecule is C=CC(=O)OCC(COC(=O)C(=C)C)OC(=O)NCC1(C)CC(NC(=O)OCCC(C)CC(C)CC)CC(C)(C)C1. The van der Waals surface area contributed by atoms with Gasteiger partial charge in [0.15, 0.2) is 6.10 Å². The minimum absolute atomic E-state index is 0.0838. The third kappa shape index (κ3) is 15.0. The molecule has 0 aromatic carbocycles. The molecule has 10 nitrogen and oxygen atoms in total. The van der Waals surface area contributed by atoms with E-state index in [0.717, 1.165) is 38.2 Å². The second-order valence-corrected chi connectivity index (χ2v) is 12.8. The van der Waals surface area contributed by atoms with Crippen molar-refractivity contribution in [3.8, 4) is 0 Å². The van der Waals surface area contributed by atoms with Crippen molar-refractivity contribution in [2.45, 2.75) is 99.1 Å². The van der Waals surface area contributed by atoms with Crippen molar-refractivity contribution in [2.24, 2.45) is 22.7 Å². The van der Waals surface area contributed by atoms with E-state index in [2.05, 4.69) is 65.3 Å². The molecule has 5 unspecified atom stereocenters. The van der Waals surface area contributed by atoms with Crippen LogP contribution in [0.1, 0.15) is 87.0 Å². The minimum atomic E-state index is -1.02. The topological polar surface area (TPSA) is 129 Å². The molecule has 234 valence electrons. The van der Waals surface area contributed by atoms with Gasteiger partial charge in [0.25, 0.3) is 0 Å². The first-order valence-electron chi connectivity index (χ1n) is 14.6. The third-order valence-electron chi connectivity index (χ3n) is 7.37. The molecular weight excluding hydrogens is 528 g/mol.